The van der Waals surface area contributed by atoms with Crippen molar-refractivity contribution in [3.63, 3.8) is 0 Å². The molecule has 0 radical (unpaired) electrons. The highest BCUT2D eigenvalue weighted by Crippen LogP contribution is 2.29. The molecule has 0 spiro atoms. The topological polar surface area (TPSA) is 61.8 Å². The van der Waals surface area contributed by atoms with E-state index in [1.807, 2.05) is 12.1 Å². The molecule has 0 aliphatic carbocycles. The van der Waals surface area contributed by atoms with Gasteiger partial charge in [0.15, 0.2) is 5.84 Å². The molecule has 19 heavy (non-hydrogen) atoms. The molecular formula is C15H23N3O. The lowest BCUT2D eigenvalue weighted by Gasteiger charge is -2.22. The summed E-state index contributed by atoms with van der Waals surface area (Å²) in [6.07, 6.45) is 3.75. The number of amidine groups is 1. The van der Waals surface area contributed by atoms with Gasteiger partial charge in [-0.1, -0.05) is 24.6 Å². The van der Waals surface area contributed by atoms with E-state index in [2.05, 4.69) is 30.0 Å². The molecule has 0 amide bonds. The van der Waals surface area contributed by atoms with Gasteiger partial charge in [-0.3, -0.25) is 0 Å². The van der Waals surface area contributed by atoms with Gasteiger partial charge in [0.2, 0.25) is 0 Å². The standard InChI is InChI=1S/C15H23N3O/c1-3-4-12-7-8-18(10-12)14-9-11(2)5-6-13(14)15(16)17-19/h5-6,9,12,19H,3-4,7-8,10H2,1-2H3,(H2,16,17). The van der Waals surface area contributed by atoms with Gasteiger partial charge in [0.1, 0.15) is 0 Å². The second kappa shape index (κ2) is 5.95. The lowest BCUT2D eigenvalue weighted by Crippen LogP contribution is -2.24. The molecule has 0 aromatic heterocycles. The largest absolute Gasteiger partial charge is 0.409 e. The second-order valence-electron chi connectivity index (χ2n) is 5.40. The van der Waals surface area contributed by atoms with E-state index in [-0.39, 0.29) is 5.84 Å². The quantitative estimate of drug-likeness (QED) is 0.379. The molecule has 1 aliphatic heterocycles. The smallest absolute Gasteiger partial charge is 0.172 e. The Morgan fingerprint density at radius 1 is 1.53 bits per heavy atom. The van der Waals surface area contributed by atoms with Gasteiger partial charge < -0.3 is 15.8 Å². The monoisotopic (exact) mass is 261 g/mol. The van der Waals surface area contributed by atoms with E-state index in [1.165, 1.54) is 24.8 Å². The molecule has 4 nitrogen and oxygen atoms in total. The summed E-state index contributed by atoms with van der Waals surface area (Å²) in [5.41, 5.74) is 8.89. The van der Waals surface area contributed by atoms with Crippen LogP contribution >= 0.6 is 0 Å². The number of nitrogens with zero attached hydrogens (tertiary/aromatic N) is 2. The molecule has 104 valence electrons. The van der Waals surface area contributed by atoms with Crippen molar-refractivity contribution >= 4 is 11.5 Å². The average molecular weight is 261 g/mol. The number of anilines is 1. The van der Waals surface area contributed by atoms with E-state index < -0.39 is 0 Å². The van der Waals surface area contributed by atoms with Crippen molar-refractivity contribution in [1.82, 2.24) is 0 Å². The van der Waals surface area contributed by atoms with Gasteiger partial charge in [0.05, 0.1) is 0 Å². The van der Waals surface area contributed by atoms with Gasteiger partial charge in [0.25, 0.3) is 0 Å². The summed E-state index contributed by atoms with van der Waals surface area (Å²) in [4.78, 5) is 2.36. The van der Waals surface area contributed by atoms with E-state index in [0.29, 0.717) is 0 Å². The van der Waals surface area contributed by atoms with Crippen LogP contribution in [0.2, 0.25) is 0 Å². The van der Waals surface area contributed by atoms with E-state index in [0.717, 1.165) is 30.3 Å². The van der Waals surface area contributed by atoms with Crippen LogP contribution in [-0.4, -0.2) is 24.1 Å². The Morgan fingerprint density at radius 3 is 3.00 bits per heavy atom. The predicted molar refractivity (Wildman–Crippen MR) is 78.9 cm³/mol. The Labute approximate surface area is 114 Å². The number of aryl methyl sites for hydroxylation is 1. The number of hydrogen-bond acceptors (Lipinski definition) is 3. The number of hydrogen-bond donors (Lipinski definition) is 2. The summed E-state index contributed by atoms with van der Waals surface area (Å²) in [5, 5.41) is 12.0. The van der Waals surface area contributed by atoms with Crippen LogP contribution in [0.5, 0.6) is 0 Å². The van der Waals surface area contributed by atoms with E-state index in [4.69, 9.17) is 10.9 Å². The molecular weight excluding hydrogens is 238 g/mol. The molecule has 0 bridgehead atoms. The van der Waals surface area contributed by atoms with Gasteiger partial charge in [-0.2, -0.15) is 0 Å². The molecule has 1 heterocycles. The SMILES string of the molecule is CCCC1CCN(c2cc(C)ccc2/C(N)=N/O)C1. The van der Waals surface area contributed by atoms with Crippen LogP contribution < -0.4 is 10.6 Å². The molecule has 1 atom stereocenters. The van der Waals surface area contributed by atoms with Crippen LogP contribution in [0.3, 0.4) is 0 Å². The van der Waals surface area contributed by atoms with Gasteiger partial charge in [-0.05, 0) is 43.4 Å². The van der Waals surface area contributed by atoms with Crippen molar-refractivity contribution in [1.29, 1.82) is 0 Å². The molecule has 0 saturated carbocycles. The minimum Gasteiger partial charge on any atom is -0.409 e. The van der Waals surface area contributed by atoms with Crippen molar-refractivity contribution < 1.29 is 5.21 Å². The van der Waals surface area contributed by atoms with Gasteiger partial charge in [-0.15, -0.1) is 0 Å². The predicted octanol–water partition coefficient (Wildman–Crippen LogP) is 2.72. The van der Waals surface area contributed by atoms with Crippen molar-refractivity contribution in [2.45, 2.75) is 33.1 Å². The van der Waals surface area contributed by atoms with Crippen molar-refractivity contribution in [2.75, 3.05) is 18.0 Å². The molecule has 1 fully saturated rings. The van der Waals surface area contributed by atoms with E-state index in [9.17, 15) is 0 Å². The lowest BCUT2D eigenvalue weighted by atomic mass is 10.0. The zero-order valence-electron chi connectivity index (χ0n) is 11.8. The molecule has 1 aliphatic rings. The average Bonchev–Trinajstić information content (AvgIpc) is 2.87. The third kappa shape index (κ3) is 3.00. The summed E-state index contributed by atoms with van der Waals surface area (Å²) in [6.45, 7) is 6.43. The van der Waals surface area contributed by atoms with Crippen molar-refractivity contribution in [2.24, 2.45) is 16.8 Å². The Morgan fingerprint density at radius 2 is 2.32 bits per heavy atom. The van der Waals surface area contributed by atoms with Gasteiger partial charge in [-0.25, -0.2) is 0 Å². The summed E-state index contributed by atoms with van der Waals surface area (Å²) < 4.78 is 0. The fraction of sp³-hybridized carbons (Fsp3) is 0.533. The summed E-state index contributed by atoms with van der Waals surface area (Å²) in [5.74, 6) is 0.958. The number of oxime groups is 1. The highest BCUT2D eigenvalue weighted by atomic mass is 16.4. The Balaban J connectivity index is 2.26. The molecule has 1 unspecified atom stereocenters. The molecule has 1 aromatic rings. The first-order chi connectivity index (χ1) is 9.15. The highest BCUT2D eigenvalue weighted by Gasteiger charge is 2.24. The first kappa shape index (κ1) is 13.7. The third-order valence-electron chi connectivity index (χ3n) is 3.86. The highest BCUT2D eigenvalue weighted by molar-refractivity contribution is 6.02. The minimum atomic E-state index is 0.189. The Kier molecular flexibility index (Phi) is 4.30. The Bertz CT molecular complexity index is 470. The van der Waals surface area contributed by atoms with E-state index >= 15 is 0 Å². The molecule has 3 N–H and O–H groups in total. The van der Waals surface area contributed by atoms with Crippen LogP contribution in [0.1, 0.15) is 37.3 Å². The molecule has 4 heteroatoms. The summed E-state index contributed by atoms with van der Waals surface area (Å²) in [7, 11) is 0. The third-order valence-corrected chi connectivity index (χ3v) is 3.86. The molecule has 1 aromatic carbocycles. The maximum absolute atomic E-state index is 8.91. The van der Waals surface area contributed by atoms with Crippen LogP contribution in [0, 0.1) is 12.8 Å². The number of nitrogens with two attached hydrogens (primary N) is 1. The summed E-state index contributed by atoms with van der Waals surface area (Å²) >= 11 is 0. The fourth-order valence-corrected chi connectivity index (χ4v) is 2.87. The maximum atomic E-state index is 8.91. The van der Waals surface area contributed by atoms with Gasteiger partial charge >= 0.3 is 0 Å². The van der Waals surface area contributed by atoms with Crippen molar-refractivity contribution in [3.8, 4) is 0 Å². The normalized spacial score (nSPS) is 20.0. The van der Waals surface area contributed by atoms with Crippen LogP contribution in [0.15, 0.2) is 23.4 Å². The zero-order valence-corrected chi connectivity index (χ0v) is 11.8. The van der Waals surface area contributed by atoms with Crippen LogP contribution in [0.4, 0.5) is 5.69 Å². The lowest BCUT2D eigenvalue weighted by molar-refractivity contribution is 0.318. The molecule has 2 rings (SSSR count). The molecule has 1 saturated heterocycles. The number of benzene rings is 1. The zero-order chi connectivity index (χ0) is 13.8. The first-order valence-electron chi connectivity index (χ1n) is 6.99. The minimum absolute atomic E-state index is 0.189. The fourth-order valence-electron chi connectivity index (χ4n) is 2.87. The first-order valence-corrected chi connectivity index (χ1v) is 6.99. The van der Waals surface area contributed by atoms with Crippen LogP contribution in [-0.2, 0) is 0 Å². The van der Waals surface area contributed by atoms with Gasteiger partial charge in [0, 0.05) is 24.3 Å². The van der Waals surface area contributed by atoms with Crippen LogP contribution in [0.25, 0.3) is 0 Å². The number of rotatable bonds is 4. The van der Waals surface area contributed by atoms with Crippen molar-refractivity contribution in [3.05, 3.63) is 29.3 Å². The second-order valence-corrected chi connectivity index (χ2v) is 5.40. The summed E-state index contributed by atoms with van der Waals surface area (Å²) in [6, 6.07) is 6.06. The van der Waals surface area contributed by atoms with E-state index in [1.54, 1.807) is 0 Å². The Hall–Kier alpha value is -1.71. The maximum Gasteiger partial charge on any atom is 0.172 e.